The number of benzene rings is 2. The average Bonchev–Trinajstić information content (AvgIpc) is 3.24. The number of carbonyl (C=O) groups is 1. The molecule has 0 atom stereocenters. The molecule has 2 N–H and O–H groups in total. The highest BCUT2D eigenvalue weighted by Crippen LogP contribution is 2.41. The van der Waals surface area contributed by atoms with Gasteiger partial charge in [0.05, 0.1) is 24.1 Å². The molecule has 0 amide bonds. The molecule has 0 unspecified atom stereocenters. The summed E-state index contributed by atoms with van der Waals surface area (Å²) in [5, 5.41) is 22.5. The summed E-state index contributed by atoms with van der Waals surface area (Å²) in [6.07, 6.45) is 3.87. The lowest BCUT2D eigenvalue weighted by atomic mass is 9.86. The van der Waals surface area contributed by atoms with Crippen LogP contribution in [-0.4, -0.2) is 33.4 Å². The van der Waals surface area contributed by atoms with Gasteiger partial charge in [0.1, 0.15) is 5.75 Å². The Labute approximate surface area is 204 Å². The maximum atomic E-state index is 11.7. The lowest BCUT2D eigenvalue weighted by Crippen LogP contribution is -2.10. The van der Waals surface area contributed by atoms with Gasteiger partial charge in [-0.25, -0.2) is 0 Å². The summed E-state index contributed by atoms with van der Waals surface area (Å²) in [5.74, 6) is 0.115. The molecule has 0 radical (unpaired) electrons. The van der Waals surface area contributed by atoms with Crippen molar-refractivity contribution in [1.29, 1.82) is 0 Å². The van der Waals surface area contributed by atoms with Gasteiger partial charge in [-0.1, -0.05) is 6.07 Å². The van der Waals surface area contributed by atoms with Gasteiger partial charge in [0.15, 0.2) is 0 Å². The van der Waals surface area contributed by atoms with Gasteiger partial charge in [0.25, 0.3) is 0 Å². The summed E-state index contributed by atoms with van der Waals surface area (Å²) in [4.78, 5) is 16.4. The molecule has 0 fully saturated rings. The number of aryl methyl sites for hydroxylation is 3. The second kappa shape index (κ2) is 9.35. The topological polar surface area (TPSA) is 79.7 Å². The maximum absolute atomic E-state index is 11.7. The van der Waals surface area contributed by atoms with E-state index in [4.69, 9.17) is 14.8 Å². The number of nitrogens with zero attached hydrogens (tertiary/aromatic N) is 1. The summed E-state index contributed by atoms with van der Waals surface area (Å²) in [5.41, 5.74) is 6.57. The maximum Gasteiger partial charge on any atom is 0.307 e. The quantitative estimate of drug-likeness (QED) is 0.354. The van der Waals surface area contributed by atoms with Crippen LogP contribution in [0.15, 0.2) is 35.8 Å². The number of rotatable bonds is 3. The summed E-state index contributed by atoms with van der Waals surface area (Å²) in [7, 11) is 0. The van der Waals surface area contributed by atoms with Crippen molar-refractivity contribution in [3.8, 4) is 16.9 Å². The Morgan fingerprint density at radius 3 is 2.62 bits per heavy atom. The van der Waals surface area contributed by atoms with Crippen LogP contribution in [-0.2, 0) is 17.6 Å². The first kappa shape index (κ1) is 24.2. The Morgan fingerprint density at radius 1 is 1.18 bits per heavy atom. The number of carboxylic acid groups (broad SMARTS) is 1. The molecule has 5 rings (SSSR count). The van der Waals surface area contributed by atoms with Gasteiger partial charge in [-0.15, -0.1) is 11.3 Å². The summed E-state index contributed by atoms with van der Waals surface area (Å²) >= 11 is 1.71. The van der Waals surface area contributed by atoms with E-state index in [1.165, 1.54) is 10.3 Å². The first-order chi connectivity index (χ1) is 16.0. The third-order valence-electron chi connectivity index (χ3n) is 5.88. The van der Waals surface area contributed by atoms with Crippen LogP contribution in [0.5, 0.6) is 5.75 Å². The van der Waals surface area contributed by atoms with E-state index >= 15 is 0 Å². The van der Waals surface area contributed by atoms with Crippen molar-refractivity contribution in [3.63, 3.8) is 0 Å². The van der Waals surface area contributed by atoms with Gasteiger partial charge in [-0.3, -0.25) is 9.78 Å². The van der Waals surface area contributed by atoms with Gasteiger partial charge in [-0.2, -0.15) is 0 Å². The number of ether oxygens (including phenoxy) is 1. The molecule has 5 nitrogen and oxygen atoms in total. The highest BCUT2D eigenvalue weighted by molar-refractivity contribution is 7.18. The Bertz CT molecular complexity index is 1380. The SMILES string of the molecule is CC(C)(C)O.Cc1c(CC(=O)O)c(-c2ccc3c(c2)CCCO3)c(C)c2c1ncc1ccsc12. The molecule has 34 heavy (non-hydrogen) atoms. The Balaban J connectivity index is 0.000000499. The van der Waals surface area contributed by atoms with Crippen molar-refractivity contribution in [2.75, 3.05) is 6.61 Å². The minimum atomic E-state index is -0.827. The minimum Gasteiger partial charge on any atom is -0.493 e. The van der Waals surface area contributed by atoms with Crippen molar-refractivity contribution in [2.45, 2.75) is 59.5 Å². The summed E-state index contributed by atoms with van der Waals surface area (Å²) < 4.78 is 6.99. The molecule has 2 aromatic heterocycles. The van der Waals surface area contributed by atoms with Crippen molar-refractivity contribution >= 4 is 38.3 Å². The van der Waals surface area contributed by atoms with Crippen molar-refractivity contribution < 1.29 is 19.7 Å². The van der Waals surface area contributed by atoms with Gasteiger partial charge < -0.3 is 14.9 Å². The number of carboxylic acids is 1. The molecule has 1 aliphatic rings. The first-order valence-corrected chi connectivity index (χ1v) is 12.4. The largest absolute Gasteiger partial charge is 0.493 e. The van der Waals surface area contributed by atoms with E-state index in [1.807, 2.05) is 19.2 Å². The van der Waals surface area contributed by atoms with Crippen LogP contribution in [0.3, 0.4) is 0 Å². The van der Waals surface area contributed by atoms with Crippen LogP contribution in [0.4, 0.5) is 0 Å². The molecule has 1 aliphatic heterocycles. The molecule has 6 heteroatoms. The average molecular weight is 478 g/mol. The fraction of sp³-hybridized carbons (Fsp3) is 0.357. The Kier molecular flexibility index (Phi) is 6.65. The molecular formula is C28H31NO4S. The lowest BCUT2D eigenvalue weighted by molar-refractivity contribution is -0.136. The molecule has 0 aliphatic carbocycles. The summed E-state index contributed by atoms with van der Waals surface area (Å²) in [6.45, 7) is 10.1. The molecule has 3 heterocycles. The zero-order valence-corrected chi connectivity index (χ0v) is 21.2. The van der Waals surface area contributed by atoms with Gasteiger partial charge in [-0.05, 0) is 104 Å². The van der Waals surface area contributed by atoms with Gasteiger partial charge >= 0.3 is 5.97 Å². The Hall–Kier alpha value is -2.96. The predicted octanol–water partition coefficient (Wildman–Crippen LogP) is 6.46. The summed E-state index contributed by atoms with van der Waals surface area (Å²) in [6, 6.07) is 8.35. The second-order valence-corrected chi connectivity index (χ2v) is 10.7. The zero-order valence-electron chi connectivity index (χ0n) is 20.4. The molecule has 0 spiro atoms. The smallest absolute Gasteiger partial charge is 0.307 e. The molecular weight excluding hydrogens is 446 g/mol. The predicted molar refractivity (Wildman–Crippen MR) is 139 cm³/mol. The second-order valence-electron chi connectivity index (χ2n) is 9.81. The standard InChI is InChI=1S/C24H21NO3S.C4H10O/c1-13-18(11-20(26)27)21(16-5-6-19-15(10-16)4-3-8-28-19)14(2)22-23(13)25-12-17-7-9-29-24(17)22;1-4(2,3)5/h5-7,9-10,12H,3-4,8,11H2,1-2H3,(H,26,27);5H,1-3H3. The zero-order chi connectivity index (χ0) is 24.6. The number of aliphatic carboxylic acids is 1. The van der Waals surface area contributed by atoms with Crippen LogP contribution in [0, 0.1) is 13.8 Å². The van der Waals surface area contributed by atoms with Gasteiger partial charge in [0.2, 0.25) is 0 Å². The molecule has 0 bridgehead atoms. The molecule has 178 valence electrons. The highest BCUT2D eigenvalue weighted by atomic mass is 32.1. The van der Waals surface area contributed by atoms with E-state index in [9.17, 15) is 9.90 Å². The molecule has 4 aromatic rings. The number of hydrogen-bond acceptors (Lipinski definition) is 5. The number of thiophene rings is 1. The van der Waals surface area contributed by atoms with E-state index in [-0.39, 0.29) is 6.42 Å². The van der Waals surface area contributed by atoms with Crippen LogP contribution < -0.4 is 4.74 Å². The number of aliphatic hydroxyl groups is 1. The normalized spacial score (nSPS) is 13.2. The Morgan fingerprint density at radius 2 is 1.91 bits per heavy atom. The fourth-order valence-electron chi connectivity index (χ4n) is 4.52. The minimum absolute atomic E-state index is 0.0182. The van der Waals surface area contributed by atoms with E-state index in [1.54, 1.807) is 32.1 Å². The van der Waals surface area contributed by atoms with Crippen LogP contribution in [0.25, 0.3) is 32.1 Å². The van der Waals surface area contributed by atoms with Gasteiger partial charge in [0, 0.05) is 21.7 Å². The number of pyridine rings is 1. The van der Waals surface area contributed by atoms with Crippen LogP contribution in [0.1, 0.15) is 49.4 Å². The van der Waals surface area contributed by atoms with Crippen LogP contribution >= 0.6 is 11.3 Å². The van der Waals surface area contributed by atoms with Crippen LogP contribution in [0.2, 0.25) is 0 Å². The van der Waals surface area contributed by atoms with Crippen molar-refractivity contribution in [3.05, 3.63) is 58.1 Å². The number of hydrogen-bond donors (Lipinski definition) is 2. The highest BCUT2D eigenvalue weighted by Gasteiger charge is 2.22. The molecule has 0 saturated carbocycles. The van der Waals surface area contributed by atoms with E-state index in [0.29, 0.717) is 0 Å². The third-order valence-corrected chi connectivity index (χ3v) is 6.82. The molecule has 0 saturated heterocycles. The number of fused-ring (bicyclic) bond motifs is 4. The van der Waals surface area contributed by atoms with Crippen molar-refractivity contribution in [2.24, 2.45) is 0 Å². The molecule has 2 aromatic carbocycles. The monoisotopic (exact) mass is 477 g/mol. The van der Waals surface area contributed by atoms with Crippen molar-refractivity contribution in [1.82, 2.24) is 4.98 Å². The van der Waals surface area contributed by atoms with E-state index in [2.05, 4.69) is 30.5 Å². The lowest BCUT2D eigenvalue weighted by Gasteiger charge is -2.21. The van der Waals surface area contributed by atoms with E-state index in [0.717, 1.165) is 69.3 Å². The number of aromatic nitrogens is 1. The third kappa shape index (κ3) is 4.93. The van der Waals surface area contributed by atoms with E-state index < -0.39 is 11.6 Å². The fourth-order valence-corrected chi connectivity index (χ4v) is 5.50. The first-order valence-electron chi connectivity index (χ1n) is 11.5.